The first-order valence-electron chi connectivity index (χ1n) is 13.8. The Bertz CT molecular complexity index is 1770. The number of halogens is 1. The molecule has 0 aliphatic carbocycles. The lowest BCUT2D eigenvalue weighted by Crippen LogP contribution is -2.27. The Balaban J connectivity index is 1.70. The van der Waals surface area contributed by atoms with Crippen molar-refractivity contribution in [1.29, 1.82) is 0 Å². The Morgan fingerprint density at radius 2 is 1.66 bits per heavy atom. The summed E-state index contributed by atoms with van der Waals surface area (Å²) in [6, 6.07) is 18.0. The van der Waals surface area contributed by atoms with Crippen molar-refractivity contribution in [2.75, 3.05) is 20.3 Å². The highest BCUT2D eigenvalue weighted by Crippen LogP contribution is 2.45. The van der Waals surface area contributed by atoms with Crippen LogP contribution in [0.1, 0.15) is 60.4 Å². The minimum atomic E-state index is -0.617. The summed E-state index contributed by atoms with van der Waals surface area (Å²) in [6.07, 6.45) is 3.39. The number of esters is 1. The van der Waals surface area contributed by atoms with E-state index in [4.69, 9.17) is 9.47 Å². The summed E-state index contributed by atoms with van der Waals surface area (Å²) in [5.41, 5.74) is 5.36. The van der Waals surface area contributed by atoms with Gasteiger partial charge in [-0.25, -0.2) is 9.18 Å². The van der Waals surface area contributed by atoms with E-state index < -0.39 is 11.4 Å². The van der Waals surface area contributed by atoms with E-state index >= 15 is 0 Å². The first-order valence-corrected chi connectivity index (χ1v) is 13.8. The van der Waals surface area contributed by atoms with Gasteiger partial charge >= 0.3 is 5.97 Å². The predicted molar refractivity (Wildman–Crippen MR) is 156 cm³/mol. The maximum atomic E-state index is 14.1. The van der Waals surface area contributed by atoms with Crippen LogP contribution in [0.25, 0.3) is 38.6 Å². The molecule has 3 aromatic carbocycles. The number of hydrogen-bond acceptors (Lipinski definition) is 5. The van der Waals surface area contributed by atoms with Crippen molar-refractivity contribution in [2.45, 2.75) is 39.5 Å². The van der Waals surface area contributed by atoms with Gasteiger partial charge in [0.05, 0.1) is 29.9 Å². The predicted octanol–water partition coefficient (Wildman–Crippen LogP) is 7.15. The third kappa shape index (κ3) is 4.72. The number of fused-ring (bicyclic) bond motifs is 2. The summed E-state index contributed by atoms with van der Waals surface area (Å²) in [7, 11) is 1.36. The molecule has 210 valence electrons. The maximum absolute atomic E-state index is 14.1. The van der Waals surface area contributed by atoms with Crippen LogP contribution < -0.4 is 0 Å². The van der Waals surface area contributed by atoms with E-state index in [-0.39, 0.29) is 17.6 Å². The second kappa shape index (κ2) is 10.3. The zero-order valence-corrected chi connectivity index (χ0v) is 23.6. The van der Waals surface area contributed by atoms with E-state index in [0.717, 1.165) is 57.2 Å². The molecule has 7 nitrogen and oxygen atoms in total. The molecule has 0 atom stereocenters. The smallest absolute Gasteiger partial charge is 0.337 e. The molecular formula is C33H32FN3O4. The standard InChI is InChI=1S/C33H32FN3O4/c1-33(2,3)32(39)37-27-18-26-28(17-23(27)19-35-37)36(25-11-9-24(34)10-12-25)30(21-13-15-41-16-14-21)29(26)20-5-7-22(8-6-20)31(38)40-4/h5-12,17-19,21H,13-16H2,1-4H3. The van der Waals surface area contributed by atoms with Crippen LogP contribution in [-0.2, 0) is 9.47 Å². The number of aromatic nitrogens is 3. The zero-order valence-electron chi connectivity index (χ0n) is 23.6. The number of rotatable bonds is 4. The summed E-state index contributed by atoms with van der Waals surface area (Å²) in [4.78, 5) is 25.5. The Morgan fingerprint density at radius 3 is 2.29 bits per heavy atom. The number of benzene rings is 3. The first-order chi connectivity index (χ1) is 19.7. The Hall–Kier alpha value is -4.30. The average Bonchev–Trinajstić information content (AvgIpc) is 3.54. The fourth-order valence-corrected chi connectivity index (χ4v) is 5.73. The van der Waals surface area contributed by atoms with Crippen LogP contribution in [0, 0.1) is 11.2 Å². The minimum Gasteiger partial charge on any atom is -0.465 e. The highest BCUT2D eigenvalue weighted by atomic mass is 19.1. The lowest BCUT2D eigenvalue weighted by Gasteiger charge is -2.26. The van der Waals surface area contributed by atoms with Crippen molar-refractivity contribution in [3.63, 3.8) is 0 Å². The molecule has 41 heavy (non-hydrogen) atoms. The summed E-state index contributed by atoms with van der Waals surface area (Å²) in [5.74, 6) is -0.632. The van der Waals surface area contributed by atoms with E-state index in [1.807, 2.05) is 39.0 Å². The first kappa shape index (κ1) is 26.9. The Kier molecular flexibility index (Phi) is 6.74. The van der Waals surface area contributed by atoms with Crippen LogP contribution in [0.2, 0.25) is 0 Å². The molecule has 0 unspecified atom stereocenters. The van der Waals surface area contributed by atoms with E-state index in [2.05, 4.69) is 15.7 Å². The van der Waals surface area contributed by atoms with Crippen molar-refractivity contribution in [2.24, 2.45) is 5.41 Å². The van der Waals surface area contributed by atoms with Gasteiger partial charge in [0.1, 0.15) is 5.82 Å². The summed E-state index contributed by atoms with van der Waals surface area (Å²) in [5, 5.41) is 6.25. The van der Waals surface area contributed by atoms with Crippen molar-refractivity contribution in [3.05, 3.63) is 83.9 Å². The van der Waals surface area contributed by atoms with Gasteiger partial charge in [-0.15, -0.1) is 0 Å². The molecule has 1 aliphatic heterocycles. The molecule has 0 spiro atoms. The summed E-state index contributed by atoms with van der Waals surface area (Å²) < 4.78 is 28.4. The highest BCUT2D eigenvalue weighted by Gasteiger charge is 2.30. The fourth-order valence-electron chi connectivity index (χ4n) is 5.73. The SMILES string of the molecule is COC(=O)c1ccc(-c2c(C3CCOCC3)n(-c3ccc(F)cc3)c3cc4cnn(C(=O)C(C)(C)C)c4cc23)cc1. The van der Waals surface area contributed by atoms with Gasteiger partial charge in [-0.2, -0.15) is 9.78 Å². The number of carbonyl (C=O) groups excluding carboxylic acids is 2. The molecule has 0 saturated carbocycles. The van der Waals surface area contributed by atoms with Crippen molar-refractivity contribution in [3.8, 4) is 16.8 Å². The third-order valence-electron chi connectivity index (χ3n) is 7.81. The van der Waals surface area contributed by atoms with Crippen LogP contribution >= 0.6 is 0 Å². The number of nitrogens with zero attached hydrogens (tertiary/aromatic N) is 3. The van der Waals surface area contributed by atoms with Crippen LogP contribution in [0.4, 0.5) is 4.39 Å². The van der Waals surface area contributed by atoms with Crippen LogP contribution in [-0.4, -0.2) is 46.5 Å². The molecular weight excluding hydrogens is 521 g/mol. The lowest BCUT2D eigenvalue weighted by molar-refractivity contribution is 0.0600. The van der Waals surface area contributed by atoms with Gasteiger partial charge in [-0.05, 0) is 66.9 Å². The fraction of sp³-hybridized carbons (Fsp3) is 0.303. The lowest BCUT2D eigenvalue weighted by atomic mass is 9.89. The second-order valence-corrected chi connectivity index (χ2v) is 11.6. The maximum Gasteiger partial charge on any atom is 0.337 e. The van der Waals surface area contributed by atoms with Gasteiger partial charge in [0.15, 0.2) is 0 Å². The summed E-state index contributed by atoms with van der Waals surface area (Å²) >= 11 is 0. The molecule has 3 heterocycles. The molecule has 6 rings (SSSR count). The number of hydrogen-bond donors (Lipinski definition) is 0. The topological polar surface area (TPSA) is 75.3 Å². The highest BCUT2D eigenvalue weighted by molar-refractivity contribution is 6.07. The molecule has 1 aliphatic rings. The minimum absolute atomic E-state index is 0.0987. The molecule has 0 bridgehead atoms. The van der Waals surface area contributed by atoms with Gasteiger partial charge in [0, 0.05) is 52.3 Å². The normalized spacial score (nSPS) is 14.6. The molecule has 0 N–H and O–H groups in total. The third-order valence-corrected chi connectivity index (χ3v) is 7.81. The van der Waals surface area contributed by atoms with Gasteiger partial charge < -0.3 is 14.0 Å². The van der Waals surface area contributed by atoms with Crippen molar-refractivity contribution < 1.29 is 23.5 Å². The largest absolute Gasteiger partial charge is 0.465 e. The van der Waals surface area contributed by atoms with Crippen LogP contribution in [0.15, 0.2) is 66.9 Å². The number of methoxy groups -OCH3 is 1. The van der Waals surface area contributed by atoms with E-state index in [1.54, 1.807) is 30.5 Å². The van der Waals surface area contributed by atoms with Gasteiger partial charge in [-0.1, -0.05) is 32.9 Å². The van der Waals surface area contributed by atoms with Gasteiger partial charge in [0.25, 0.3) is 5.91 Å². The molecule has 8 heteroatoms. The second-order valence-electron chi connectivity index (χ2n) is 11.6. The molecule has 1 fully saturated rings. The summed E-state index contributed by atoms with van der Waals surface area (Å²) in [6.45, 7) is 6.93. The Labute approximate surface area is 237 Å². The molecule has 0 amide bonds. The number of carbonyl (C=O) groups is 2. The number of ether oxygens (including phenoxy) is 2. The van der Waals surface area contributed by atoms with Gasteiger partial charge in [0.2, 0.25) is 0 Å². The van der Waals surface area contributed by atoms with Gasteiger partial charge in [-0.3, -0.25) is 4.79 Å². The molecule has 0 radical (unpaired) electrons. The monoisotopic (exact) mass is 553 g/mol. The molecule has 2 aromatic heterocycles. The van der Waals surface area contributed by atoms with Crippen LogP contribution in [0.5, 0.6) is 0 Å². The average molecular weight is 554 g/mol. The van der Waals surface area contributed by atoms with E-state index in [9.17, 15) is 14.0 Å². The van der Waals surface area contributed by atoms with E-state index in [0.29, 0.717) is 18.8 Å². The van der Waals surface area contributed by atoms with Crippen molar-refractivity contribution in [1.82, 2.24) is 14.3 Å². The quantitative estimate of drug-likeness (QED) is 0.221. The zero-order chi connectivity index (χ0) is 28.9. The molecule has 5 aromatic rings. The van der Waals surface area contributed by atoms with Crippen molar-refractivity contribution >= 4 is 33.7 Å². The molecule has 1 saturated heterocycles. The Morgan fingerprint density at radius 1 is 0.976 bits per heavy atom. The van der Waals surface area contributed by atoms with E-state index in [1.165, 1.54) is 23.9 Å². The van der Waals surface area contributed by atoms with Crippen LogP contribution in [0.3, 0.4) is 0 Å².